The molecule has 0 spiro atoms. The van der Waals surface area contributed by atoms with Crippen molar-refractivity contribution >= 4 is 15.9 Å². The van der Waals surface area contributed by atoms with Crippen LogP contribution in [0.4, 0.5) is 4.39 Å². The van der Waals surface area contributed by atoms with Gasteiger partial charge in [0.25, 0.3) is 0 Å². The van der Waals surface area contributed by atoms with Crippen molar-refractivity contribution in [2.24, 2.45) is 5.73 Å². The van der Waals surface area contributed by atoms with Crippen LogP contribution in [0.15, 0.2) is 46.9 Å². The number of halogens is 2. The number of nitrogens with two attached hydrogens (primary N) is 1. The zero-order valence-electron chi connectivity index (χ0n) is 10.4. The maximum atomic E-state index is 13.9. The van der Waals surface area contributed by atoms with Gasteiger partial charge in [0.1, 0.15) is 5.82 Å². The summed E-state index contributed by atoms with van der Waals surface area (Å²) in [6, 6.07) is 13.0. The molecule has 0 heterocycles. The van der Waals surface area contributed by atoms with Gasteiger partial charge in [0.15, 0.2) is 0 Å². The second-order valence-electron chi connectivity index (χ2n) is 4.18. The maximum Gasteiger partial charge on any atom is 0.133 e. The maximum absolute atomic E-state index is 13.9. The third-order valence-electron chi connectivity index (χ3n) is 2.85. The van der Waals surface area contributed by atoms with Crippen LogP contribution in [0.5, 0.6) is 0 Å². The van der Waals surface area contributed by atoms with E-state index in [4.69, 9.17) is 10.5 Å². The Kier molecular flexibility index (Phi) is 5.07. The van der Waals surface area contributed by atoms with Gasteiger partial charge in [0, 0.05) is 22.1 Å². The van der Waals surface area contributed by atoms with Crippen molar-refractivity contribution in [1.29, 1.82) is 0 Å². The van der Waals surface area contributed by atoms with Crippen molar-refractivity contribution in [3.63, 3.8) is 0 Å². The Balaban J connectivity index is 1.98. The van der Waals surface area contributed by atoms with E-state index in [1.165, 1.54) is 0 Å². The molecule has 0 aliphatic heterocycles. The lowest BCUT2D eigenvalue weighted by Gasteiger charge is -2.09. The third-order valence-corrected chi connectivity index (χ3v) is 3.63. The van der Waals surface area contributed by atoms with Crippen LogP contribution in [0.3, 0.4) is 0 Å². The van der Waals surface area contributed by atoms with Gasteiger partial charge in [0.2, 0.25) is 0 Å². The molecule has 0 aromatic heterocycles. The summed E-state index contributed by atoms with van der Waals surface area (Å²) in [4.78, 5) is 0. The minimum atomic E-state index is -0.267. The smallest absolute Gasteiger partial charge is 0.133 e. The number of benzene rings is 2. The largest absolute Gasteiger partial charge is 0.372 e. The molecular formula is C15H15BrFNO. The molecule has 0 saturated carbocycles. The lowest BCUT2D eigenvalue weighted by Crippen LogP contribution is -2.04. The Hall–Kier alpha value is -1.23. The molecule has 2 nitrogen and oxygen atoms in total. The monoisotopic (exact) mass is 323 g/mol. The predicted octanol–water partition coefficient (Wildman–Crippen LogP) is 3.76. The van der Waals surface area contributed by atoms with Gasteiger partial charge in [-0.2, -0.15) is 0 Å². The summed E-state index contributed by atoms with van der Waals surface area (Å²) in [5.74, 6) is -0.267. The average Bonchev–Trinajstić information content (AvgIpc) is 2.43. The standard InChI is InChI=1S/C15H15BrFNO/c16-14-7-2-1-4-12(14)9-19-10-13-6-3-5-11(8-18)15(13)17/h1-7H,8-10,18H2. The zero-order valence-corrected chi connectivity index (χ0v) is 12.0. The van der Waals surface area contributed by atoms with Crippen LogP contribution in [0.1, 0.15) is 16.7 Å². The molecule has 0 aliphatic rings. The molecule has 100 valence electrons. The van der Waals surface area contributed by atoms with Gasteiger partial charge in [-0.3, -0.25) is 0 Å². The van der Waals surface area contributed by atoms with E-state index in [0.29, 0.717) is 17.7 Å². The molecule has 0 atom stereocenters. The molecular weight excluding hydrogens is 309 g/mol. The van der Waals surface area contributed by atoms with Crippen LogP contribution >= 0.6 is 15.9 Å². The van der Waals surface area contributed by atoms with Crippen LogP contribution in [0, 0.1) is 5.82 Å². The minimum Gasteiger partial charge on any atom is -0.372 e. The van der Waals surface area contributed by atoms with Crippen molar-refractivity contribution < 1.29 is 9.13 Å². The van der Waals surface area contributed by atoms with Gasteiger partial charge in [-0.25, -0.2) is 4.39 Å². The number of hydrogen-bond acceptors (Lipinski definition) is 2. The Labute approximate surface area is 120 Å². The van der Waals surface area contributed by atoms with Crippen molar-refractivity contribution in [2.45, 2.75) is 19.8 Å². The average molecular weight is 324 g/mol. The van der Waals surface area contributed by atoms with Crippen LogP contribution in [0.25, 0.3) is 0 Å². The molecule has 2 rings (SSSR count). The fourth-order valence-corrected chi connectivity index (χ4v) is 2.19. The molecule has 0 aliphatic carbocycles. The molecule has 0 bridgehead atoms. The molecule has 0 unspecified atom stereocenters. The second kappa shape index (κ2) is 6.80. The van der Waals surface area contributed by atoms with E-state index in [-0.39, 0.29) is 19.0 Å². The Morgan fingerprint density at radius 1 is 0.947 bits per heavy atom. The summed E-state index contributed by atoms with van der Waals surface area (Å²) < 4.78 is 20.5. The minimum absolute atomic E-state index is 0.198. The highest BCUT2D eigenvalue weighted by molar-refractivity contribution is 9.10. The Morgan fingerprint density at radius 2 is 1.58 bits per heavy atom. The number of hydrogen-bond donors (Lipinski definition) is 1. The van der Waals surface area contributed by atoms with Crippen molar-refractivity contribution in [3.8, 4) is 0 Å². The molecule has 19 heavy (non-hydrogen) atoms. The summed E-state index contributed by atoms with van der Waals surface area (Å²) in [5, 5.41) is 0. The van der Waals surface area contributed by atoms with Gasteiger partial charge in [-0.05, 0) is 11.6 Å². The predicted molar refractivity (Wildman–Crippen MR) is 76.9 cm³/mol. The van der Waals surface area contributed by atoms with Crippen molar-refractivity contribution in [3.05, 3.63) is 69.4 Å². The molecule has 2 aromatic rings. The second-order valence-corrected chi connectivity index (χ2v) is 5.03. The fourth-order valence-electron chi connectivity index (χ4n) is 1.79. The first-order valence-corrected chi connectivity index (χ1v) is 6.79. The topological polar surface area (TPSA) is 35.2 Å². The van der Waals surface area contributed by atoms with Crippen LogP contribution in [-0.2, 0) is 24.5 Å². The Bertz CT molecular complexity index is 560. The lowest BCUT2D eigenvalue weighted by molar-refractivity contribution is 0.104. The number of rotatable bonds is 5. The first-order valence-electron chi connectivity index (χ1n) is 6.00. The molecule has 0 radical (unpaired) electrons. The summed E-state index contributed by atoms with van der Waals surface area (Å²) in [7, 11) is 0. The molecule has 2 N–H and O–H groups in total. The highest BCUT2D eigenvalue weighted by Gasteiger charge is 2.07. The normalized spacial score (nSPS) is 10.7. The van der Waals surface area contributed by atoms with Crippen molar-refractivity contribution in [2.75, 3.05) is 0 Å². The van der Waals surface area contributed by atoms with E-state index in [9.17, 15) is 4.39 Å². The van der Waals surface area contributed by atoms with E-state index in [1.807, 2.05) is 24.3 Å². The number of ether oxygens (including phenoxy) is 1. The van der Waals surface area contributed by atoms with Crippen LogP contribution in [-0.4, -0.2) is 0 Å². The SMILES string of the molecule is NCc1cccc(COCc2ccccc2Br)c1F. The highest BCUT2D eigenvalue weighted by Crippen LogP contribution is 2.18. The van der Waals surface area contributed by atoms with E-state index in [2.05, 4.69) is 15.9 Å². The van der Waals surface area contributed by atoms with E-state index < -0.39 is 0 Å². The van der Waals surface area contributed by atoms with Gasteiger partial charge in [-0.1, -0.05) is 52.3 Å². The van der Waals surface area contributed by atoms with Gasteiger partial charge < -0.3 is 10.5 Å². The third kappa shape index (κ3) is 3.62. The van der Waals surface area contributed by atoms with E-state index >= 15 is 0 Å². The summed E-state index contributed by atoms with van der Waals surface area (Å²) in [6.07, 6.45) is 0. The van der Waals surface area contributed by atoms with Gasteiger partial charge in [-0.15, -0.1) is 0 Å². The first-order chi connectivity index (χ1) is 9.22. The van der Waals surface area contributed by atoms with Gasteiger partial charge >= 0.3 is 0 Å². The first kappa shape index (κ1) is 14.2. The zero-order chi connectivity index (χ0) is 13.7. The lowest BCUT2D eigenvalue weighted by atomic mass is 10.1. The molecule has 0 fully saturated rings. The quantitative estimate of drug-likeness (QED) is 0.909. The van der Waals surface area contributed by atoms with E-state index in [0.717, 1.165) is 10.0 Å². The molecule has 0 amide bonds. The highest BCUT2D eigenvalue weighted by atomic mass is 79.9. The van der Waals surface area contributed by atoms with Gasteiger partial charge in [0.05, 0.1) is 13.2 Å². The van der Waals surface area contributed by atoms with E-state index in [1.54, 1.807) is 18.2 Å². The van der Waals surface area contributed by atoms with Crippen molar-refractivity contribution in [1.82, 2.24) is 0 Å². The van der Waals surface area contributed by atoms with Crippen LogP contribution < -0.4 is 5.73 Å². The summed E-state index contributed by atoms with van der Waals surface area (Å²) in [6.45, 7) is 0.874. The molecule has 2 aromatic carbocycles. The Morgan fingerprint density at radius 3 is 2.32 bits per heavy atom. The van der Waals surface area contributed by atoms with Crippen LogP contribution in [0.2, 0.25) is 0 Å². The molecule has 4 heteroatoms. The summed E-state index contributed by atoms with van der Waals surface area (Å²) in [5.41, 5.74) is 7.56. The fraction of sp³-hybridized carbons (Fsp3) is 0.200. The summed E-state index contributed by atoms with van der Waals surface area (Å²) >= 11 is 3.45. The molecule has 0 saturated heterocycles.